The predicted molar refractivity (Wildman–Crippen MR) is 212 cm³/mol. The van der Waals surface area contributed by atoms with Gasteiger partial charge in [0.05, 0.1) is 56.0 Å². The molecule has 0 spiro atoms. The van der Waals surface area contributed by atoms with Gasteiger partial charge in [0.25, 0.3) is 11.8 Å². The van der Waals surface area contributed by atoms with E-state index in [-0.39, 0.29) is 38.1 Å². The number of aliphatic hydroxyl groups is 2. The highest BCUT2D eigenvalue weighted by Gasteiger charge is 2.26. The summed E-state index contributed by atoms with van der Waals surface area (Å²) in [6.45, 7) is 4.02. The molecule has 1 atom stereocenters. The van der Waals surface area contributed by atoms with Crippen LogP contribution in [0.25, 0.3) is 0 Å². The van der Waals surface area contributed by atoms with Crippen molar-refractivity contribution in [3.8, 4) is 0 Å². The number of halogens is 10. The minimum Gasteiger partial charge on any atom is -0.394 e. The van der Waals surface area contributed by atoms with Crippen molar-refractivity contribution >= 4 is 112 Å². The molecule has 0 aliphatic carbocycles. The minimum absolute atomic E-state index is 0.132. The normalized spacial score (nSPS) is 11.7. The standard InChI is InChI=1S/2C17H15BrF3IN2O3/c1-17(2,7-25)27-24-16(26)9-6-10(18)13(20)14(21)15(9)23-12-4-3-8(22)5-11(12)19;1-2-9(7-25)27-24-17(26)10-6-11(18)14(20)15(21)16(10)23-13-4-3-8(22)5-12(13)19/h3-6,23,25H,7H2,1-2H3,(H,24,26);3-6,9,23,25H,2,7H2,1H3,(H,24,26). The Labute approximate surface area is 349 Å². The van der Waals surface area contributed by atoms with E-state index in [2.05, 4.69) is 53.5 Å². The lowest BCUT2D eigenvalue weighted by Gasteiger charge is -2.22. The maximum absolute atomic E-state index is 14.5. The van der Waals surface area contributed by atoms with E-state index >= 15 is 0 Å². The Morgan fingerprint density at radius 3 is 1.54 bits per heavy atom. The van der Waals surface area contributed by atoms with E-state index in [0.717, 1.165) is 12.1 Å². The number of aliphatic hydroxyl groups excluding tert-OH is 2. The summed E-state index contributed by atoms with van der Waals surface area (Å²) in [6, 6.07) is 10.3. The first-order valence-electron chi connectivity index (χ1n) is 15.3. The van der Waals surface area contributed by atoms with Crippen molar-refractivity contribution in [2.24, 2.45) is 0 Å². The highest BCUT2D eigenvalue weighted by atomic mass is 127. The number of amides is 2. The van der Waals surface area contributed by atoms with E-state index in [1.165, 1.54) is 38.1 Å². The van der Waals surface area contributed by atoms with Crippen molar-refractivity contribution < 1.29 is 55.8 Å². The van der Waals surface area contributed by atoms with E-state index < -0.39 is 76.4 Å². The van der Waals surface area contributed by atoms with Gasteiger partial charge in [0, 0.05) is 7.14 Å². The molecule has 4 aromatic carbocycles. The average Bonchev–Trinajstić information content (AvgIpc) is 3.13. The number of anilines is 4. The third-order valence-corrected chi connectivity index (χ3v) is 9.47. The lowest BCUT2D eigenvalue weighted by Crippen LogP contribution is -2.38. The summed E-state index contributed by atoms with van der Waals surface area (Å²) in [5.74, 6) is -8.40. The summed E-state index contributed by atoms with van der Waals surface area (Å²) in [4.78, 5) is 34.9. The summed E-state index contributed by atoms with van der Waals surface area (Å²) < 4.78 is 85.7. The average molecular weight is 1120 g/mol. The SMILES string of the molecule is CC(C)(CO)ONC(=O)c1cc(Br)c(F)c(F)c1Nc1ccc(I)cc1F.CCC(CO)ONC(=O)c1cc(Br)c(F)c(F)c1Nc1ccc(I)cc1F. The smallest absolute Gasteiger partial charge is 0.277 e. The van der Waals surface area contributed by atoms with Crippen LogP contribution in [0.2, 0.25) is 0 Å². The fourth-order valence-corrected chi connectivity index (χ4v) is 5.67. The van der Waals surface area contributed by atoms with Crippen LogP contribution in [0.1, 0.15) is 47.9 Å². The zero-order valence-corrected chi connectivity index (χ0v) is 35.6. The Kier molecular flexibility index (Phi) is 17.3. The van der Waals surface area contributed by atoms with Crippen molar-refractivity contribution in [2.45, 2.75) is 38.9 Å². The second-order valence-corrected chi connectivity index (χ2v) is 15.7. The molecule has 0 bridgehead atoms. The van der Waals surface area contributed by atoms with Gasteiger partial charge >= 0.3 is 0 Å². The number of hydroxylamine groups is 2. The van der Waals surface area contributed by atoms with Crippen molar-refractivity contribution in [2.75, 3.05) is 23.8 Å². The Hall–Kier alpha value is -2.74. The molecule has 20 heteroatoms. The van der Waals surface area contributed by atoms with Crippen molar-refractivity contribution in [1.29, 1.82) is 0 Å². The van der Waals surface area contributed by atoms with Crippen molar-refractivity contribution in [3.63, 3.8) is 0 Å². The molecule has 4 rings (SSSR count). The summed E-state index contributed by atoms with van der Waals surface area (Å²) in [5.41, 5.74) is 1.04. The zero-order chi connectivity index (χ0) is 40.5. The van der Waals surface area contributed by atoms with Crippen LogP contribution in [0.5, 0.6) is 0 Å². The number of hydrogen-bond acceptors (Lipinski definition) is 8. The highest BCUT2D eigenvalue weighted by Crippen LogP contribution is 2.34. The Balaban J connectivity index is 0.000000290. The van der Waals surface area contributed by atoms with Crippen molar-refractivity contribution in [1.82, 2.24) is 11.0 Å². The topological polar surface area (TPSA) is 141 Å². The number of carbonyl (C=O) groups excluding carboxylic acids is 2. The first-order chi connectivity index (χ1) is 25.3. The summed E-state index contributed by atoms with van der Waals surface area (Å²) in [7, 11) is 0. The molecule has 54 heavy (non-hydrogen) atoms. The van der Waals surface area contributed by atoms with Crippen LogP contribution in [0.15, 0.2) is 57.5 Å². The van der Waals surface area contributed by atoms with Gasteiger partial charge in [-0.25, -0.2) is 37.3 Å². The fraction of sp³-hybridized carbons (Fsp3) is 0.235. The number of nitrogens with one attached hydrogen (secondary N) is 4. The first kappa shape index (κ1) is 45.6. The molecule has 0 aliphatic heterocycles. The van der Waals surface area contributed by atoms with E-state index in [0.29, 0.717) is 13.6 Å². The first-order valence-corrected chi connectivity index (χ1v) is 19.0. The summed E-state index contributed by atoms with van der Waals surface area (Å²) >= 11 is 9.47. The van der Waals surface area contributed by atoms with Crippen LogP contribution in [-0.4, -0.2) is 46.9 Å². The molecular weight excluding hydrogens is 1090 g/mol. The number of carbonyl (C=O) groups is 2. The Morgan fingerprint density at radius 2 is 1.17 bits per heavy atom. The van der Waals surface area contributed by atoms with Gasteiger partial charge in [-0.3, -0.25) is 19.3 Å². The second kappa shape index (κ2) is 20.4. The van der Waals surface area contributed by atoms with E-state index in [1.54, 1.807) is 19.1 Å². The Bertz CT molecular complexity index is 2010. The van der Waals surface area contributed by atoms with Gasteiger partial charge in [-0.2, -0.15) is 0 Å². The van der Waals surface area contributed by atoms with Crippen LogP contribution in [0.4, 0.5) is 49.1 Å². The van der Waals surface area contributed by atoms with Gasteiger partial charge in [0.1, 0.15) is 23.3 Å². The molecule has 6 N–H and O–H groups in total. The molecule has 4 aromatic rings. The van der Waals surface area contributed by atoms with Crippen LogP contribution in [0.3, 0.4) is 0 Å². The van der Waals surface area contributed by atoms with Crippen LogP contribution < -0.4 is 21.6 Å². The lowest BCUT2D eigenvalue weighted by molar-refractivity contribution is -0.0956. The largest absolute Gasteiger partial charge is 0.394 e. The number of rotatable bonds is 13. The van der Waals surface area contributed by atoms with Crippen molar-refractivity contribution in [3.05, 3.63) is 111 Å². The summed E-state index contributed by atoms with van der Waals surface area (Å²) in [5, 5.41) is 23.1. The van der Waals surface area contributed by atoms with E-state index in [9.17, 15) is 35.9 Å². The minimum atomic E-state index is -1.37. The molecule has 10 nitrogen and oxygen atoms in total. The maximum atomic E-state index is 14.5. The predicted octanol–water partition coefficient (Wildman–Crippen LogP) is 9.29. The van der Waals surface area contributed by atoms with Crippen LogP contribution in [-0.2, 0) is 9.68 Å². The summed E-state index contributed by atoms with van der Waals surface area (Å²) in [6.07, 6.45) is -0.246. The van der Waals surface area contributed by atoms with Crippen LogP contribution >= 0.6 is 77.0 Å². The molecule has 0 fully saturated rings. The second-order valence-electron chi connectivity index (χ2n) is 11.5. The molecule has 0 aromatic heterocycles. The molecule has 0 saturated heterocycles. The van der Waals surface area contributed by atoms with Gasteiger partial charge in [0.15, 0.2) is 23.3 Å². The zero-order valence-electron chi connectivity index (χ0n) is 28.1. The third kappa shape index (κ3) is 12.1. The quantitative estimate of drug-likeness (QED) is 0.0337. The van der Waals surface area contributed by atoms with Gasteiger partial charge in [-0.05, 0) is 146 Å². The number of benzene rings is 4. The molecule has 0 radical (unpaired) electrons. The van der Waals surface area contributed by atoms with Gasteiger partial charge in [-0.1, -0.05) is 6.92 Å². The van der Waals surface area contributed by atoms with Gasteiger partial charge in [-0.15, -0.1) is 0 Å². The molecule has 0 aliphatic rings. The van der Waals surface area contributed by atoms with Gasteiger partial charge < -0.3 is 20.8 Å². The molecule has 0 heterocycles. The maximum Gasteiger partial charge on any atom is 0.277 e. The van der Waals surface area contributed by atoms with E-state index in [4.69, 9.17) is 19.9 Å². The monoisotopic (exact) mass is 1120 g/mol. The van der Waals surface area contributed by atoms with E-state index in [1.807, 2.05) is 45.2 Å². The highest BCUT2D eigenvalue weighted by molar-refractivity contribution is 14.1. The molecule has 1 unspecified atom stereocenters. The molecule has 0 saturated carbocycles. The number of hydrogen-bond donors (Lipinski definition) is 6. The molecule has 2 amide bonds. The third-order valence-electron chi connectivity index (χ3n) is 6.97. The lowest BCUT2D eigenvalue weighted by atomic mass is 10.1. The fourth-order valence-electron chi connectivity index (χ4n) is 3.96. The van der Waals surface area contributed by atoms with Gasteiger partial charge in [0.2, 0.25) is 0 Å². The van der Waals surface area contributed by atoms with Crippen LogP contribution in [0, 0.1) is 42.0 Å². The Morgan fingerprint density at radius 1 is 0.741 bits per heavy atom. The molecular formula is C34H30Br2F6I2N4O6. The molecule has 292 valence electrons.